The van der Waals surface area contributed by atoms with Crippen LogP contribution < -0.4 is 0 Å². The number of rotatable bonds is 5. The minimum Gasteiger partial charge on any atom is -0.396 e. The number of hydrogen-bond acceptors (Lipinski definition) is 3. The standard InChI is InChI=1S/C15H24O3/c1-11(8-9-16)4-6-13-7-5-12(2)14(18)15(13,3)10-17/h4-5,13,16-17H,6-10H2,1-3H3/b11-4+/t13-,15-/m0/s1. The molecule has 2 N–H and O–H groups in total. The first-order valence-corrected chi connectivity index (χ1v) is 6.54. The first-order chi connectivity index (χ1) is 8.45. The van der Waals surface area contributed by atoms with Gasteiger partial charge >= 0.3 is 0 Å². The number of aliphatic hydroxyl groups excluding tert-OH is 2. The second-order valence-corrected chi connectivity index (χ2v) is 5.48. The average molecular weight is 252 g/mol. The van der Waals surface area contributed by atoms with Crippen molar-refractivity contribution in [3.63, 3.8) is 0 Å². The van der Waals surface area contributed by atoms with E-state index in [2.05, 4.69) is 6.08 Å². The summed E-state index contributed by atoms with van der Waals surface area (Å²) in [5.41, 5.74) is 1.24. The molecule has 0 spiro atoms. The molecule has 0 saturated carbocycles. The highest BCUT2D eigenvalue weighted by molar-refractivity contribution is 6.00. The number of aliphatic hydroxyl groups is 2. The summed E-state index contributed by atoms with van der Waals surface area (Å²) in [6.07, 6.45) is 6.33. The van der Waals surface area contributed by atoms with Crippen molar-refractivity contribution < 1.29 is 15.0 Å². The van der Waals surface area contributed by atoms with Gasteiger partial charge < -0.3 is 10.2 Å². The Morgan fingerprint density at radius 1 is 1.56 bits per heavy atom. The molecule has 0 aromatic carbocycles. The highest BCUT2D eigenvalue weighted by atomic mass is 16.3. The number of carbonyl (C=O) groups excluding carboxylic acids is 1. The summed E-state index contributed by atoms with van der Waals surface area (Å²) in [5.74, 6) is 0.210. The molecule has 3 nitrogen and oxygen atoms in total. The van der Waals surface area contributed by atoms with Crippen molar-refractivity contribution in [1.29, 1.82) is 0 Å². The third-order valence-corrected chi connectivity index (χ3v) is 4.07. The molecule has 0 radical (unpaired) electrons. The zero-order valence-corrected chi connectivity index (χ0v) is 11.6. The lowest BCUT2D eigenvalue weighted by molar-refractivity contribution is -0.130. The molecule has 0 heterocycles. The molecular weight excluding hydrogens is 228 g/mol. The van der Waals surface area contributed by atoms with E-state index in [4.69, 9.17) is 5.11 Å². The summed E-state index contributed by atoms with van der Waals surface area (Å²) in [6.45, 7) is 5.71. The molecular formula is C15H24O3. The Morgan fingerprint density at radius 3 is 2.78 bits per heavy atom. The fraction of sp³-hybridized carbons (Fsp3) is 0.667. The number of hydrogen-bond donors (Lipinski definition) is 2. The van der Waals surface area contributed by atoms with Crippen LogP contribution in [0.25, 0.3) is 0 Å². The van der Waals surface area contributed by atoms with Gasteiger partial charge in [0.2, 0.25) is 0 Å². The molecule has 0 unspecified atom stereocenters. The third kappa shape index (κ3) is 3.09. The maximum atomic E-state index is 12.2. The summed E-state index contributed by atoms with van der Waals surface area (Å²) in [6, 6.07) is 0. The van der Waals surface area contributed by atoms with E-state index in [-0.39, 0.29) is 24.9 Å². The van der Waals surface area contributed by atoms with E-state index < -0.39 is 5.41 Å². The SMILES string of the molecule is CC1=CC[C@H](C/C=C(\C)CCO)[C@](C)(CO)C1=O. The predicted octanol–water partition coefficient (Wildman–Crippen LogP) is 2.24. The third-order valence-electron chi connectivity index (χ3n) is 4.07. The quantitative estimate of drug-likeness (QED) is 0.738. The maximum Gasteiger partial charge on any atom is 0.166 e. The summed E-state index contributed by atoms with van der Waals surface area (Å²) in [5, 5.41) is 18.4. The Balaban J connectivity index is 2.82. The summed E-state index contributed by atoms with van der Waals surface area (Å²) >= 11 is 0. The van der Waals surface area contributed by atoms with E-state index in [0.29, 0.717) is 6.42 Å². The van der Waals surface area contributed by atoms with Crippen molar-refractivity contribution in [1.82, 2.24) is 0 Å². The van der Waals surface area contributed by atoms with Crippen molar-refractivity contribution in [3.05, 3.63) is 23.3 Å². The van der Waals surface area contributed by atoms with Gasteiger partial charge in [-0.1, -0.05) is 17.7 Å². The Morgan fingerprint density at radius 2 is 2.22 bits per heavy atom. The van der Waals surface area contributed by atoms with Gasteiger partial charge in [-0.15, -0.1) is 0 Å². The van der Waals surface area contributed by atoms with E-state index in [1.54, 1.807) is 0 Å². The van der Waals surface area contributed by atoms with Gasteiger partial charge in [-0.25, -0.2) is 0 Å². The van der Waals surface area contributed by atoms with Gasteiger partial charge in [0.1, 0.15) is 0 Å². The first-order valence-electron chi connectivity index (χ1n) is 6.54. The van der Waals surface area contributed by atoms with Crippen molar-refractivity contribution in [2.45, 2.75) is 40.0 Å². The van der Waals surface area contributed by atoms with Crippen LogP contribution in [0.5, 0.6) is 0 Å². The monoisotopic (exact) mass is 252 g/mol. The zero-order chi connectivity index (χ0) is 13.8. The lowest BCUT2D eigenvalue weighted by Crippen LogP contribution is -2.42. The minimum atomic E-state index is -0.658. The highest BCUT2D eigenvalue weighted by Gasteiger charge is 2.42. The largest absolute Gasteiger partial charge is 0.396 e. The highest BCUT2D eigenvalue weighted by Crippen LogP contribution is 2.40. The van der Waals surface area contributed by atoms with Crippen LogP contribution in [0, 0.1) is 11.3 Å². The number of ketones is 1. The van der Waals surface area contributed by atoms with E-state index >= 15 is 0 Å². The van der Waals surface area contributed by atoms with Crippen LogP contribution in [0.4, 0.5) is 0 Å². The molecule has 3 heteroatoms. The normalized spacial score (nSPS) is 29.4. The molecule has 1 aliphatic rings. The summed E-state index contributed by atoms with van der Waals surface area (Å²) in [4.78, 5) is 12.2. The smallest absolute Gasteiger partial charge is 0.166 e. The van der Waals surface area contributed by atoms with Crippen molar-refractivity contribution >= 4 is 5.78 Å². The van der Waals surface area contributed by atoms with E-state index in [1.807, 2.05) is 26.8 Å². The zero-order valence-electron chi connectivity index (χ0n) is 11.6. The van der Waals surface area contributed by atoms with Gasteiger partial charge in [0, 0.05) is 6.61 Å². The second kappa shape index (κ2) is 6.30. The Bertz CT molecular complexity index is 368. The Labute approximate surface area is 109 Å². The fourth-order valence-electron chi connectivity index (χ4n) is 2.49. The van der Waals surface area contributed by atoms with Crippen LogP contribution in [0.3, 0.4) is 0 Å². The van der Waals surface area contributed by atoms with Crippen molar-refractivity contribution in [2.24, 2.45) is 11.3 Å². The average Bonchev–Trinajstić information content (AvgIpc) is 2.35. The number of allylic oxidation sites excluding steroid dienone is 3. The van der Waals surface area contributed by atoms with Gasteiger partial charge in [-0.05, 0) is 51.5 Å². The lowest BCUT2D eigenvalue weighted by Gasteiger charge is -2.37. The topological polar surface area (TPSA) is 57.5 Å². The van der Waals surface area contributed by atoms with Crippen LogP contribution in [0.15, 0.2) is 23.3 Å². The van der Waals surface area contributed by atoms with Crippen LogP contribution >= 0.6 is 0 Å². The molecule has 0 aliphatic heterocycles. The molecule has 0 saturated heterocycles. The van der Waals surface area contributed by atoms with Gasteiger partial charge in [0.15, 0.2) is 5.78 Å². The number of carbonyl (C=O) groups is 1. The molecule has 0 bridgehead atoms. The van der Waals surface area contributed by atoms with Crippen LogP contribution in [-0.4, -0.2) is 29.2 Å². The van der Waals surface area contributed by atoms with Crippen molar-refractivity contribution in [3.8, 4) is 0 Å². The lowest BCUT2D eigenvalue weighted by atomic mass is 9.66. The summed E-state index contributed by atoms with van der Waals surface area (Å²) in [7, 11) is 0. The minimum absolute atomic E-state index is 0.0643. The maximum absolute atomic E-state index is 12.2. The molecule has 0 aromatic heterocycles. The molecule has 102 valence electrons. The molecule has 1 aliphatic carbocycles. The van der Waals surface area contributed by atoms with Crippen LogP contribution in [-0.2, 0) is 4.79 Å². The van der Waals surface area contributed by atoms with Crippen molar-refractivity contribution in [2.75, 3.05) is 13.2 Å². The van der Waals surface area contributed by atoms with E-state index in [1.165, 1.54) is 0 Å². The molecule has 2 atom stereocenters. The van der Waals surface area contributed by atoms with Crippen LogP contribution in [0.2, 0.25) is 0 Å². The predicted molar refractivity (Wildman–Crippen MR) is 72.1 cm³/mol. The Kier molecular flexibility index (Phi) is 5.29. The first kappa shape index (κ1) is 15.1. The molecule has 1 rings (SSSR count). The van der Waals surface area contributed by atoms with Gasteiger partial charge in [0.05, 0.1) is 12.0 Å². The van der Waals surface area contributed by atoms with Gasteiger partial charge in [-0.2, -0.15) is 0 Å². The van der Waals surface area contributed by atoms with E-state index in [0.717, 1.165) is 24.0 Å². The molecule has 0 amide bonds. The number of Topliss-reactive ketones (excluding diaryl/α,β-unsaturated/α-hetero) is 1. The Hall–Kier alpha value is -0.930. The fourth-order valence-corrected chi connectivity index (χ4v) is 2.49. The van der Waals surface area contributed by atoms with Gasteiger partial charge in [0.25, 0.3) is 0 Å². The molecule has 0 fully saturated rings. The van der Waals surface area contributed by atoms with E-state index in [9.17, 15) is 9.90 Å². The van der Waals surface area contributed by atoms with Crippen LogP contribution in [0.1, 0.15) is 40.0 Å². The summed E-state index contributed by atoms with van der Waals surface area (Å²) < 4.78 is 0. The molecule has 18 heavy (non-hydrogen) atoms. The van der Waals surface area contributed by atoms with Gasteiger partial charge in [-0.3, -0.25) is 4.79 Å². The molecule has 0 aromatic rings. The second-order valence-electron chi connectivity index (χ2n) is 5.48.